The minimum absolute atomic E-state index is 0.329. The number of pyridine rings is 1. The van der Waals surface area contributed by atoms with Crippen LogP contribution in [0.1, 0.15) is 18.5 Å². The summed E-state index contributed by atoms with van der Waals surface area (Å²) in [6, 6.07) is 2.93. The summed E-state index contributed by atoms with van der Waals surface area (Å²) < 4.78 is 13.4. The van der Waals surface area contributed by atoms with Crippen molar-refractivity contribution in [2.75, 3.05) is 6.54 Å². The molecule has 0 spiro atoms. The molecular weight excluding hydrogens is 183 g/mol. The summed E-state index contributed by atoms with van der Waals surface area (Å²) in [6.07, 6.45) is 2.22. The Balaban J connectivity index is 2.34. The van der Waals surface area contributed by atoms with Crippen LogP contribution in [0.25, 0.3) is 0 Å². The second-order valence-electron chi connectivity index (χ2n) is 3.88. The van der Waals surface area contributed by atoms with Crippen LogP contribution >= 0.6 is 0 Å². The van der Waals surface area contributed by atoms with Crippen molar-refractivity contribution in [3.05, 3.63) is 29.8 Å². The molecule has 3 nitrogen and oxygen atoms in total. The molecule has 0 unspecified atom stereocenters. The molecule has 1 heterocycles. The van der Waals surface area contributed by atoms with E-state index in [9.17, 15) is 9.50 Å². The highest BCUT2D eigenvalue weighted by atomic mass is 19.1. The Morgan fingerprint density at radius 2 is 2.36 bits per heavy atom. The fourth-order valence-electron chi connectivity index (χ4n) is 2.07. The highest BCUT2D eigenvalue weighted by Crippen LogP contribution is 2.42. The van der Waals surface area contributed by atoms with Gasteiger partial charge in [-0.05, 0) is 25.0 Å². The predicted octanol–water partition coefficient (Wildman–Crippen LogP) is 0.572. The molecule has 1 aliphatic rings. The first-order valence-electron chi connectivity index (χ1n) is 4.67. The number of nitrogens with two attached hydrogens (primary N) is 1. The van der Waals surface area contributed by atoms with Crippen molar-refractivity contribution < 1.29 is 9.50 Å². The van der Waals surface area contributed by atoms with Crippen LogP contribution in [0, 0.1) is 5.82 Å². The standard InChI is InChI=1S/C10H13FN2O/c11-8-2-1-3-13-9(8)10(6-12)4-7(14)5-10/h1-3,7,14H,4-6,12H2. The van der Waals surface area contributed by atoms with Gasteiger partial charge in [0, 0.05) is 18.2 Å². The Morgan fingerprint density at radius 3 is 2.86 bits per heavy atom. The highest BCUT2D eigenvalue weighted by Gasteiger charge is 2.46. The van der Waals surface area contributed by atoms with Crippen LogP contribution in [-0.4, -0.2) is 22.7 Å². The number of nitrogens with zero attached hydrogens (tertiary/aromatic N) is 1. The quantitative estimate of drug-likeness (QED) is 0.727. The molecule has 0 radical (unpaired) electrons. The van der Waals surface area contributed by atoms with Crippen LogP contribution in [0.15, 0.2) is 18.3 Å². The average molecular weight is 196 g/mol. The zero-order valence-electron chi connectivity index (χ0n) is 7.78. The first kappa shape index (κ1) is 9.55. The second kappa shape index (κ2) is 3.29. The number of aliphatic hydroxyl groups excluding tert-OH is 1. The summed E-state index contributed by atoms with van der Waals surface area (Å²) in [6.45, 7) is 0.331. The molecule has 76 valence electrons. The molecule has 0 saturated heterocycles. The van der Waals surface area contributed by atoms with Crippen LogP contribution in [0.2, 0.25) is 0 Å². The smallest absolute Gasteiger partial charge is 0.145 e. The minimum Gasteiger partial charge on any atom is -0.393 e. The molecule has 0 atom stereocenters. The molecule has 0 aliphatic heterocycles. The molecule has 1 aliphatic carbocycles. The third kappa shape index (κ3) is 1.31. The lowest BCUT2D eigenvalue weighted by Gasteiger charge is -2.44. The minimum atomic E-state index is -0.440. The van der Waals surface area contributed by atoms with E-state index in [0.29, 0.717) is 25.1 Å². The molecule has 1 saturated carbocycles. The molecule has 3 N–H and O–H groups in total. The molecule has 0 amide bonds. The van der Waals surface area contributed by atoms with Crippen molar-refractivity contribution in [3.8, 4) is 0 Å². The summed E-state index contributed by atoms with van der Waals surface area (Å²) in [7, 11) is 0. The van der Waals surface area contributed by atoms with Crippen LogP contribution in [-0.2, 0) is 5.41 Å². The lowest BCUT2D eigenvalue weighted by molar-refractivity contribution is 0.0182. The Morgan fingerprint density at radius 1 is 1.64 bits per heavy atom. The van der Waals surface area contributed by atoms with Gasteiger partial charge in [-0.15, -0.1) is 0 Å². The van der Waals surface area contributed by atoms with Gasteiger partial charge in [0.25, 0.3) is 0 Å². The molecule has 2 rings (SSSR count). The summed E-state index contributed by atoms with van der Waals surface area (Å²) in [5, 5.41) is 9.26. The number of aromatic nitrogens is 1. The van der Waals surface area contributed by atoms with Crippen LogP contribution in [0.4, 0.5) is 4.39 Å². The van der Waals surface area contributed by atoms with E-state index in [1.807, 2.05) is 0 Å². The molecule has 4 heteroatoms. The number of rotatable bonds is 2. The molecule has 0 aromatic carbocycles. The van der Waals surface area contributed by atoms with Gasteiger partial charge >= 0.3 is 0 Å². The van der Waals surface area contributed by atoms with E-state index < -0.39 is 5.41 Å². The van der Waals surface area contributed by atoms with E-state index in [-0.39, 0.29) is 11.9 Å². The summed E-state index contributed by atoms with van der Waals surface area (Å²) in [5.74, 6) is -0.329. The molecule has 14 heavy (non-hydrogen) atoms. The number of hydrogen-bond donors (Lipinski definition) is 2. The van der Waals surface area contributed by atoms with Gasteiger partial charge in [-0.25, -0.2) is 4.39 Å². The monoisotopic (exact) mass is 196 g/mol. The van der Waals surface area contributed by atoms with Gasteiger partial charge in [0.15, 0.2) is 0 Å². The van der Waals surface area contributed by atoms with Gasteiger partial charge in [0.1, 0.15) is 5.82 Å². The third-order valence-corrected chi connectivity index (χ3v) is 2.90. The van der Waals surface area contributed by atoms with Gasteiger partial charge in [-0.1, -0.05) is 0 Å². The largest absolute Gasteiger partial charge is 0.393 e. The molecular formula is C10H13FN2O. The van der Waals surface area contributed by atoms with Gasteiger partial charge in [-0.2, -0.15) is 0 Å². The van der Waals surface area contributed by atoms with Gasteiger partial charge in [0.2, 0.25) is 0 Å². The average Bonchev–Trinajstić information content (AvgIpc) is 2.14. The highest BCUT2D eigenvalue weighted by molar-refractivity contribution is 5.24. The van der Waals surface area contributed by atoms with E-state index in [4.69, 9.17) is 5.73 Å². The fraction of sp³-hybridized carbons (Fsp3) is 0.500. The van der Waals surface area contributed by atoms with Crippen LogP contribution in [0.5, 0.6) is 0 Å². The first-order valence-corrected chi connectivity index (χ1v) is 4.67. The van der Waals surface area contributed by atoms with Crippen LogP contribution < -0.4 is 5.73 Å². The fourth-order valence-corrected chi connectivity index (χ4v) is 2.07. The van der Waals surface area contributed by atoms with Crippen molar-refractivity contribution in [1.29, 1.82) is 0 Å². The Hall–Kier alpha value is -1.00. The number of aliphatic hydroxyl groups is 1. The normalized spacial score (nSPS) is 31.2. The molecule has 1 aromatic rings. The topological polar surface area (TPSA) is 59.1 Å². The zero-order valence-corrected chi connectivity index (χ0v) is 7.78. The predicted molar refractivity (Wildman–Crippen MR) is 50.2 cm³/mol. The maximum Gasteiger partial charge on any atom is 0.145 e. The first-order chi connectivity index (χ1) is 6.68. The lowest BCUT2D eigenvalue weighted by Crippen LogP contribution is -2.50. The summed E-state index contributed by atoms with van der Waals surface area (Å²) in [5.41, 5.74) is 5.57. The Kier molecular flexibility index (Phi) is 2.25. The van der Waals surface area contributed by atoms with Gasteiger partial charge < -0.3 is 10.8 Å². The number of hydrogen-bond acceptors (Lipinski definition) is 3. The molecule has 1 aromatic heterocycles. The van der Waals surface area contributed by atoms with Gasteiger partial charge in [-0.3, -0.25) is 4.98 Å². The van der Waals surface area contributed by atoms with Gasteiger partial charge in [0.05, 0.1) is 11.8 Å². The van der Waals surface area contributed by atoms with E-state index in [2.05, 4.69) is 4.98 Å². The number of halogens is 1. The molecule has 0 bridgehead atoms. The maximum atomic E-state index is 13.4. The summed E-state index contributed by atoms with van der Waals surface area (Å²) in [4.78, 5) is 4.01. The van der Waals surface area contributed by atoms with Crippen molar-refractivity contribution in [2.45, 2.75) is 24.4 Å². The lowest BCUT2D eigenvalue weighted by atomic mass is 9.64. The van der Waals surface area contributed by atoms with E-state index >= 15 is 0 Å². The van der Waals surface area contributed by atoms with Crippen molar-refractivity contribution >= 4 is 0 Å². The van der Waals surface area contributed by atoms with Crippen LogP contribution in [0.3, 0.4) is 0 Å². The van der Waals surface area contributed by atoms with E-state index in [0.717, 1.165) is 0 Å². The molecule has 1 fully saturated rings. The van der Waals surface area contributed by atoms with E-state index in [1.165, 1.54) is 6.07 Å². The third-order valence-electron chi connectivity index (χ3n) is 2.90. The van der Waals surface area contributed by atoms with Crippen molar-refractivity contribution in [2.24, 2.45) is 5.73 Å². The van der Waals surface area contributed by atoms with Crippen molar-refractivity contribution in [3.63, 3.8) is 0 Å². The second-order valence-corrected chi connectivity index (χ2v) is 3.88. The maximum absolute atomic E-state index is 13.4. The van der Waals surface area contributed by atoms with Crippen molar-refractivity contribution in [1.82, 2.24) is 4.98 Å². The Bertz CT molecular complexity index is 337. The summed E-state index contributed by atoms with van der Waals surface area (Å²) >= 11 is 0. The van der Waals surface area contributed by atoms with E-state index in [1.54, 1.807) is 12.3 Å². The Labute approximate surface area is 81.8 Å². The SMILES string of the molecule is NCC1(c2ncccc2F)CC(O)C1. The zero-order chi connectivity index (χ0) is 10.2.